The van der Waals surface area contributed by atoms with E-state index in [0.29, 0.717) is 56.4 Å². The molecule has 0 atom stereocenters. The average molecular weight is 442 g/mol. The normalized spacial score (nSPS) is 15.7. The Morgan fingerprint density at radius 2 is 2.26 bits per heavy atom. The zero-order chi connectivity index (χ0) is 14.0. The Balaban J connectivity index is 2.27. The Hall–Kier alpha value is -0.170. The van der Waals surface area contributed by atoms with Gasteiger partial charge >= 0.3 is 131 Å². The van der Waals surface area contributed by atoms with Crippen LogP contribution in [-0.4, -0.2) is 19.7 Å². The molecule has 106 valence electrons. The molecule has 0 aromatic heterocycles. The molecule has 0 bridgehead atoms. The van der Waals surface area contributed by atoms with Crippen molar-refractivity contribution in [2.24, 2.45) is 0 Å². The first-order valence-corrected chi connectivity index (χ1v) is 10.1. The van der Waals surface area contributed by atoms with Gasteiger partial charge in [0, 0.05) is 0 Å². The van der Waals surface area contributed by atoms with E-state index in [4.69, 9.17) is 0 Å². The van der Waals surface area contributed by atoms with Crippen molar-refractivity contribution >= 4 is 21.7 Å². The molecule has 2 nitrogen and oxygen atoms in total. The van der Waals surface area contributed by atoms with Gasteiger partial charge in [-0.2, -0.15) is 0 Å². The molecule has 1 aliphatic rings. The van der Waals surface area contributed by atoms with Gasteiger partial charge in [0.25, 0.3) is 0 Å². The van der Waals surface area contributed by atoms with Crippen LogP contribution in [0.5, 0.6) is 5.75 Å². The number of hydrogen-bond donors (Lipinski definition) is 1. The molecule has 0 unspecified atom stereocenters. The van der Waals surface area contributed by atoms with Crippen LogP contribution in [0.25, 0.3) is 0 Å². The third-order valence-corrected chi connectivity index (χ3v) is 7.27. The molecule has 0 radical (unpaired) electrons. The summed E-state index contributed by atoms with van der Waals surface area (Å²) in [6, 6.07) is 1.81. The monoisotopic (exact) mass is 441 g/mol. The van der Waals surface area contributed by atoms with Gasteiger partial charge in [-0.25, -0.2) is 0 Å². The molecular weight excluding hydrogens is 426 g/mol. The summed E-state index contributed by atoms with van der Waals surface area (Å²) in [5.41, 5.74) is 1.77. The molecule has 0 aliphatic carbocycles. The summed E-state index contributed by atoms with van der Waals surface area (Å²) in [4.78, 5) is 11.0. The molecule has 0 saturated carbocycles. The van der Waals surface area contributed by atoms with E-state index in [1.54, 1.807) is 6.92 Å². The van der Waals surface area contributed by atoms with Gasteiger partial charge in [-0.3, -0.25) is 0 Å². The molecule has 1 fully saturated rings. The third-order valence-electron chi connectivity index (χ3n) is 3.32. The van der Waals surface area contributed by atoms with Crippen LogP contribution in [0, 0.1) is 5.82 Å². The van der Waals surface area contributed by atoms with Crippen molar-refractivity contribution in [3.63, 3.8) is 0 Å². The molecule has 1 aliphatic heterocycles. The SMILES string of the molecule is CC(=O)CCCc1c(C2C[I-]C2)cc(Br)c(F)c1O. The minimum absolute atomic E-state index is 0.133. The number of phenolic OH excluding ortho intramolecular Hbond substituents is 1. The second-order valence-electron chi connectivity index (χ2n) is 4.84. The molecule has 19 heavy (non-hydrogen) atoms. The van der Waals surface area contributed by atoms with Gasteiger partial charge in [0.1, 0.15) is 0 Å². The molecular formula is C14H16BrFIO2-. The third kappa shape index (κ3) is 3.48. The van der Waals surface area contributed by atoms with E-state index in [1.165, 1.54) is 8.86 Å². The van der Waals surface area contributed by atoms with Crippen LogP contribution in [0.3, 0.4) is 0 Å². The first kappa shape index (κ1) is 15.2. The summed E-state index contributed by atoms with van der Waals surface area (Å²) in [6.45, 7) is 1.55. The molecule has 1 heterocycles. The van der Waals surface area contributed by atoms with Crippen molar-refractivity contribution in [1.29, 1.82) is 0 Å². The molecule has 1 aromatic rings. The van der Waals surface area contributed by atoms with E-state index in [1.807, 2.05) is 6.07 Å². The van der Waals surface area contributed by atoms with Crippen molar-refractivity contribution in [2.45, 2.75) is 32.1 Å². The number of aromatic hydroxyl groups is 1. The van der Waals surface area contributed by atoms with Crippen LogP contribution in [0.15, 0.2) is 10.5 Å². The Morgan fingerprint density at radius 1 is 1.58 bits per heavy atom. The van der Waals surface area contributed by atoms with Crippen molar-refractivity contribution < 1.29 is 35.5 Å². The summed E-state index contributed by atoms with van der Waals surface area (Å²) in [5, 5.41) is 10.0. The van der Waals surface area contributed by atoms with Crippen LogP contribution < -0.4 is 21.2 Å². The number of carbonyl (C=O) groups excluding carboxylic acids is 1. The van der Waals surface area contributed by atoms with E-state index < -0.39 is 5.82 Å². The van der Waals surface area contributed by atoms with Gasteiger partial charge in [0.05, 0.1) is 0 Å². The van der Waals surface area contributed by atoms with Crippen LogP contribution in [0.1, 0.15) is 36.8 Å². The number of halogens is 3. The molecule has 1 saturated heterocycles. The Kier molecular flexibility index (Phi) is 5.22. The number of carbonyl (C=O) groups is 1. The van der Waals surface area contributed by atoms with Crippen LogP contribution in [-0.2, 0) is 11.2 Å². The summed E-state index contributed by atoms with van der Waals surface area (Å²) in [6.07, 6.45) is 1.71. The van der Waals surface area contributed by atoms with Crippen molar-refractivity contribution in [3.8, 4) is 5.75 Å². The predicted molar refractivity (Wildman–Crippen MR) is 71.9 cm³/mol. The molecule has 2 rings (SSSR count). The van der Waals surface area contributed by atoms with Gasteiger partial charge in [0.2, 0.25) is 0 Å². The maximum atomic E-state index is 13.8. The average Bonchev–Trinajstić information content (AvgIpc) is 2.27. The van der Waals surface area contributed by atoms with Crippen LogP contribution in [0.2, 0.25) is 0 Å². The number of benzene rings is 1. The number of alkyl halides is 2. The van der Waals surface area contributed by atoms with Crippen molar-refractivity contribution in [1.82, 2.24) is 0 Å². The second kappa shape index (κ2) is 6.52. The Morgan fingerprint density at radius 3 is 2.79 bits per heavy atom. The summed E-state index contributed by atoms with van der Waals surface area (Å²) >= 11 is 3.48. The first-order chi connectivity index (χ1) is 9.00. The molecule has 1 aromatic carbocycles. The van der Waals surface area contributed by atoms with Gasteiger partial charge in [-0.05, 0) is 0 Å². The summed E-state index contributed by atoms with van der Waals surface area (Å²) in [7, 11) is 0. The number of rotatable bonds is 5. The molecule has 0 amide bonds. The number of hydrogen-bond acceptors (Lipinski definition) is 2. The van der Waals surface area contributed by atoms with Crippen molar-refractivity contribution in [2.75, 3.05) is 8.86 Å². The fourth-order valence-electron chi connectivity index (χ4n) is 2.19. The standard InChI is InChI=1S/C14H16BrFIO2/c1-8(18)3-2-4-10-11(9-6-17-7-9)5-12(15)13(16)14(10)19/h5,9,19H,2-4,6-7H2,1H3/q-1. The molecule has 0 spiro atoms. The summed E-state index contributed by atoms with van der Waals surface area (Å²) in [5.74, 6) is -0.218. The first-order valence-electron chi connectivity index (χ1n) is 6.23. The van der Waals surface area contributed by atoms with E-state index in [9.17, 15) is 14.3 Å². The zero-order valence-electron chi connectivity index (χ0n) is 10.7. The predicted octanol–water partition coefficient (Wildman–Crippen LogP) is 0.392. The summed E-state index contributed by atoms with van der Waals surface area (Å²) < 4.78 is 16.5. The topological polar surface area (TPSA) is 37.3 Å². The van der Waals surface area contributed by atoms with Crippen molar-refractivity contribution in [3.05, 3.63) is 27.5 Å². The maximum absolute atomic E-state index is 13.8. The Labute approximate surface area is 131 Å². The van der Waals surface area contributed by atoms with E-state index in [0.717, 1.165) is 5.56 Å². The molecule has 5 heteroatoms. The second-order valence-corrected chi connectivity index (χ2v) is 8.53. The van der Waals surface area contributed by atoms with Gasteiger partial charge < -0.3 is 0 Å². The van der Waals surface area contributed by atoms with Crippen LogP contribution in [0.4, 0.5) is 4.39 Å². The fraction of sp³-hybridized carbons (Fsp3) is 0.500. The van der Waals surface area contributed by atoms with E-state index in [2.05, 4.69) is 15.9 Å². The number of phenols is 1. The number of Topliss-reactive ketones (excluding diaryl/α,β-unsaturated/α-hetero) is 1. The van der Waals surface area contributed by atoms with E-state index >= 15 is 0 Å². The van der Waals surface area contributed by atoms with Crippen LogP contribution >= 0.6 is 15.9 Å². The fourth-order valence-corrected chi connectivity index (χ4v) is 4.82. The zero-order valence-corrected chi connectivity index (χ0v) is 14.4. The minimum atomic E-state index is -0.587. The number of ketones is 1. The van der Waals surface area contributed by atoms with Gasteiger partial charge in [-0.15, -0.1) is 0 Å². The Bertz CT molecular complexity index is 501. The van der Waals surface area contributed by atoms with Gasteiger partial charge in [0.15, 0.2) is 0 Å². The molecule has 1 N–H and O–H groups in total. The quantitative estimate of drug-likeness (QED) is 0.530. The van der Waals surface area contributed by atoms with Gasteiger partial charge in [-0.1, -0.05) is 0 Å². The van der Waals surface area contributed by atoms with E-state index in [-0.39, 0.29) is 11.5 Å².